The van der Waals surface area contributed by atoms with Crippen molar-refractivity contribution in [2.24, 2.45) is 0 Å². The van der Waals surface area contributed by atoms with Crippen LogP contribution in [0.15, 0.2) is 30.3 Å². The predicted molar refractivity (Wildman–Crippen MR) is 135 cm³/mol. The summed E-state index contributed by atoms with van der Waals surface area (Å²) in [7, 11) is 0.442. The fraction of sp³-hybridized carbons (Fsp3) is 0.458. The zero-order chi connectivity index (χ0) is 25.8. The Labute approximate surface area is 215 Å². The molecule has 35 heavy (non-hydrogen) atoms. The van der Waals surface area contributed by atoms with Gasteiger partial charge in [-0.2, -0.15) is 8.42 Å². The standard InChI is InChI=1S/C24H29Cl2NO7S/c1-32-20-12-16(13-21(33-2)22(20)34-3)23(28)27-10-9-24(15-27,8-4-5-11-35(29,30)31)17-6-7-18(25)19(26)14-17/h6-7,12-14H,4-5,8-11,15H2,1-3H3,(H,29,30,31). The molecule has 1 fully saturated rings. The number of hydrogen-bond donors (Lipinski definition) is 1. The maximum absolute atomic E-state index is 13.5. The normalized spacial score (nSPS) is 17.9. The topological polar surface area (TPSA) is 102 Å². The molecule has 1 N–H and O–H groups in total. The molecule has 0 aromatic heterocycles. The number of unbranched alkanes of at least 4 members (excludes halogenated alkanes) is 1. The largest absolute Gasteiger partial charge is 0.493 e. The third-order valence-corrected chi connectivity index (χ3v) is 7.94. The second kappa shape index (κ2) is 11.2. The number of amides is 1. The minimum absolute atomic E-state index is 0.191. The fourth-order valence-corrected chi connectivity index (χ4v) is 5.46. The van der Waals surface area contributed by atoms with Crippen molar-refractivity contribution in [3.8, 4) is 17.2 Å². The maximum Gasteiger partial charge on any atom is 0.264 e. The number of ether oxygens (including phenoxy) is 3. The van der Waals surface area contributed by atoms with Crippen LogP contribution in [0.1, 0.15) is 41.6 Å². The summed E-state index contributed by atoms with van der Waals surface area (Å²) in [5, 5.41) is 0.844. The second-order valence-corrected chi connectivity index (χ2v) is 10.9. The van der Waals surface area contributed by atoms with Crippen LogP contribution in [0.4, 0.5) is 0 Å². The molecule has 1 saturated heterocycles. The van der Waals surface area contributed by atoms with E-state index >= 15 is 0 Å². The van der Waals surface area contributed by atoms with Crippen LogP contribution < -0.4 is 14.2 Å². The minimum Gasteiger partial charge on any atom is -0.493 e. The van der Waals surface area contributed by atoms with Gasteiger partial charge in [0, 0.05) is 24.1 Å². The molecule has 11 heteroatoms. The fourth-order valence-electron chi connectivity index (χ4n) is 4.59. The summed E-state index contributed by atoms with van der Waals surface area (Å²) in [5.41, 5.74) is 0.888. The van der Waals surface area contributed by atoms with Crippen LogP contribution in [0.5, 0.6) is 17.2 Å². The van der Waals surface area contributed by atoms with Crippen LogP contribution in [0.25, 0.3) is 0 Å². The molecule has 0 saturated carbocycles. The van der Waals surface area contributed by atoms with Gasteiger partial charge in [0.25, 0.3) is 16.0 Å². The molecule has 3 rings (SSSR count). The Morgan fingerprint density at radius 3 is 2.23 bits per heavy atom. The lowest BCUT2D eigenvalue weighted by Gasteiger charge is -2.30. The summed E-state index contributed by atoms with van der Waals surface area (Å²) in [6.07, 6.45) is 2.13. The molecular formula is C24H29Cl2NO7S. The molecule has 0 aliphatic carbocycles. The van der Waals surface area contributed by atoms with E-state index < -0.39 is 15.5 Å². The molecule has 0 radical (unpaired) electrons. The molecule has 192 valence electrons. The molecular weight excluding hydrogens is 517 g/mol. The van der Waals surface area contributed by atoms with Crippen molar-refractivity contribution in [3.63, 3.8) is 0 Å². The van der Waals surface area contributed by atoms with Gasteiger partial charge in [0.05, 0.1) is 37.1 Å². The lowest BCUT2D eigenvalue weighted by atomic mass is 9.75. The van der Waals surface area contributed by atoms with E-state index in [1.54, 1.807) is 29.2 Å². The molecule has 2 aromatic rings. The minimum atomic E-state index is -4.03. The Balaban J connectivity index is 1.89. The first-order chi connectivity index (χ1) is 16.5. The smallest absolute Gasteiger partial charge is 0.264 e. The molecule has 2 aromatic carbocycles. The number of benzene rings is 2. The lowest BCUT2D eigenvalue weighted by molar-refractivity contribution is 0.0781. The summed E-state index contributed by atoms with van der Waals surface area (Å²) in [5.74, 6) is 0.672. The van der Waals surface area contributed by atoms with Crippen molar-refractivity contribution in [2.75, 3.05) is 40.2 Å². The van der Waals surface area contributed by atoms with E-state index in [4.69, 9.17) is 42.0 Å². The Bertz CT molecular complexity index is 1160. The van der Waals surface area contributed by atoms with Gasteiger partial charge in [0.1, 0.15) is 0 Å². The van der Waals surface area contributed by atoms with Gasteiger partial charge < -0.3 is 19.1 Å². The summed E-state index contributed by atoms with van der Waals surface area (Å²) in [6, 6.07) is 8.66. The second-order valence-electron chi connectivity index (χ2n) is 8.54. The SMILES string of the molecule is COc1cc(C(=O)N2CCC(CCCCS(=O)(=O)O)(c3ccc(Cl)c(Cl)c3)C2)cc(OC)c1OC. The first kappa shape index (κ1) is 27.4. The summed E-state index contributed by atoms with van der Waals surface area (Å²) >= 11 is 12.4. The van der Waals surface area contributed by atoms with Crippen molar-refractivity contribution in [1.82, 2.24) is 4.90 Å². The van der Waals surface area contributed by atoms with Crippen molar-refractivity contribution in [2.45, 2.75) is 31.1 Å². The quantitative estimate of drug-likeness (QED) is 0.335. The summed E-state index contributed by atoms with van der Waals surface area (Å²) in [6.45, 7) is 0.903. The van der Waals surface area contributed by atoms with Crippen molar-refractivity contribution >= 4 is 39.2 Å². The third-order valence-electron chi connectivity index (χ3n) is 6.39. The van der Waals surface area contributed by atoms with Gasteiger partial charge in [-0.3, -0.25) is 9.35 Å². The van der Waals surface area contributed by atoms with Crippen molar-refractivity contribution < 1.29 is 32.0 Å². The number of carbonyl (C=O) groups excluding carboxylic acids is 1. The van der Waals surface area contributed by atoms with Gasteiger partial charge in [-0.25, -0.2) is 0 Å². The van der Waals surface area contributed by atoms with Crippen LogP contribution in [-0.2, 0) is 15.5 Å². The van der Waals surface area contributed by atoms with Gasteiger partial charge in [-0.1, -0.05) is 35.7 Å². The Morgan fingerprint density at radius 2 is 1.69 bits per heavy atom. The van der Waals surface area contributed by atoms with Gasteiger partial charge in [0.2, 0.25) is 5.75 Å². The first-order valence-corrected chi connectivity index (χ1v) is 13.4. The molecule has 1 unspecified atom stereocenters. The van der Waals surface area contributed by atoms with E-state index in [2.05, 4.69) is 0 Å². The number of rotatable bonds is 10. The monoisotopic (exact) mass is 545 g/mol. The molecule has 8 nitrogen and oxygen atoms in total. The van der Waals surface area contributed by atoms with Gasteiger partial charge in [-0.05, 0) is 49.1 Å². The molecule has 0 spiro atoms. The number of methoxy groups -OCH3 is 3. The van der Waals surface area contributed by atoms with E-state index in [1.165, 1.54) is 21.3 Å². The Morgan fingerprint density at radius 1 is 1.03 bits per heavy atom. The number of hydrogen-bond acceptors (Lipinski definition) is 6. The van der Waals surface area contributed by atoms with E-state index in [-0.39, 0.29) is 11.7 Å². The summed E-state index contributed by atoms with van der Waals surface area (Å²) < 4.78 is 47.5. The van der Waals surface area contributed by atoms with Crippen LogP contribution >= 0.6 is 23.2 Å². The average Bonchev–Trinajstić information content (AvgIpc) is 3.27. The van der Waals surface area contributed by atoms with Crippen molar-refractivity contribution in [1.29, 1.82) is 0 Å². The number of likely N-dealkylation sites (tertiary alicyclic amines) is 1. The van der Waals surface area contributed by atoms with Gasteiger partial charge in [-0.15, -0.1) is 0 Å². The van der Waals surface area contributed by atoms with E-state index in [1.807, 2.05) is 6.07 Å². The van der Waals surface area contributed by atoms with E-state index in [9.17, 15) is 13.2 Å². The predicted octanol–water partition coefficient (Wildman–Crippen LogP) is 4.86. The number of halogens is 2. The highest BCUT2D eigenvalue weighted by Gasteiger charge is 2.41. The molecule has 1 heterocycles. The molecule has 1 amide bonds. The highest BCUT2D eigenvalue weighted by molar-refractivity contribution is 7.85. The lowest BCUT2D eigenvalue weighted by Crippen LogP contribution is -2.34. The maximum atomic E-state index is 13.5. The highest BCUT2D eigenvalue weighted by atomic mass is 35.5. The van der Waals surface area contributed by atoms with Crippen molar-refractivity contribution in [3.05, 3.63) is 51.5 Å². The van der Waals surface area contributed by atoms with Gasteiger partial charge in [0.15, 0.2) is 11.5 Å². The zero-order valence-electron chi connectivity index (χ0n) is 19.8. The zero-order valence-corrected chi connectivity index (χ0v) is 22.2. The van der Waals surface area contributed by atoms with Crippen LogP contribution in [0.3, 0.4) is 0 Å². The third kappa shape index (κ3) is 6.33. The van der Waals surface area contributed by atoms with Crippen LogP contribution in [-0.4, -0.2) is 63.9 Å². The summed E-state index contributed by atoms with van der Waals surface area (Å²) in [4.78, 5) is 15.3. The highest BCUT2D eigenvalue weighted by Crippen LogP contribution is 2.43. The molecule has 1 atom stereocenters. The number of nitrogens with zero attached hydrogens (tertiary/aromatic N) is 1. The Hall–Kier alpha value is -2.20. The van der Waals surface area contributed by atoms with Gasteiger partial charge >= 0.3 is 0 Å². The van der Waals surface area contributed by atoms with E-state index in [0.717, 1.165) is 5.56 Å². The number of carbonyl (C=O) groups is 1. The van der Waals surface area contributed by atoms with Crippen LogP contribution in [0.2, 0.25) is 10.0 Å². The van der Waals surface area contributed by atoms with E-state index in [0.29, 0.717) is 71.6 Å². The molecule has 0 bridgehead atoms. The molecule has 1 aliphatic rings. The van der Waals surface area contributed by atoms with Crippen LogP contribution in [0, 0.1) is 0 Å². The average molecular weight is 546 g/mol. The molecule has 1 aliphatic heterocycles. The first-order valence-electron chi connectivity index (χ1n) is 11.0. The Kier molecular flexibility index (Phi) is 8.80.